The van der Waals surface area contributed by atoms with E-state index in [0.717, 1.165) is 5.56 Å². The molecule has 0 spiro atoms. The van der Waals surface area contributed by atoms with Gasteiger partial charge < -0.3 is 4.42 Å². The molecule has 0 bridgehead atoms. The van der Waals surface area contributed by atoms with Crippen LogP contribution in [0.4, 0.5) is 0 Å². The summed E-state index contributed by atoms with van der Waals surface area (Å²) in [4.78, 5) is 12.0. The van der Waals surface area contributed by atoms with Gasteiger partial charge in [-0.2, -0.15) is 5.10 Å². The summed E-state index contributed by atoms with van der Waals surface area (Å²) in [6.07, 6.45) is 0. The number of halogens is 1. The second-order valence-corrected chi connectivity index (χ2v) is 4.91. The van der Waals surface area contributed by atoms with Crippen LogP contribution in [0.25, 0.3) is 0 Å². The van der Waals surface area contributed by atoms with Gasteiger partial charge in [0.1, 0.15) is 11.5 Å². The van der Waals surface area contributed by atoms with Crippen molar-refractivity contribution in [1.82, 2.24) is 5.43 Å². The Kier molecular flexibility index (Phi) is 4.25. The van der Waals surface area contributed by atoms with E-state index < -0.39 is 0 Å². The van der Waals surface area contributed by atoms with Crippen LogP contribution in [0.5, 0.6) is 0 Å². The number of hydrogen-bond acceptors (Lipinski definition) is 3. The molecule has 104 valence electrons. The van der Waals surface area contributed by atoms with Crippen LogP contribution >= 0.6 is 11.6 Å². The van der Waals surface area contributed by atoms with Crippen LogP contribution in [0.2, 0.25) is 5.02 Å². The fraction of sp³-hybridized carbons (Fsp3) is 0.200. The molecule has 0 atom stereocenters. The minimum Gasteiger partial charge on any atom is -0.466 e. The molecule has 0 aliphatic carbocycles. The van der Waals surface area contributed by atoms with Crippen molar-refractivity contribution >= 4 is 23.2 Å². The third kappa shape index (κ3) is 3.27. The molecule has 0 saturated heterocycles. The topological polar surface area (TPSA) is 54.6 Å². The second kappa shape index (κ2) is 5.92. The van der Waals surface area contributed by atoms with Crippen LogP contribution in [0.3, 0.4) is 0 Å². The van der Waals surface area contributed by atoms with E-state index in [0.29, 0.717) is 27.8 Å². The summed E-state index contributed by atoms with van der Waals surface area (Å²) in [5, 5.41) is 4.75. The first kappa shape index (κ1) is 14.3. The summed E-state index contributed by atoms with van der Waals surface area (Å²) >= 11 is 5.82. The molecule has 0 aliphatic rings. The Morgan fingerprint density at radius 3 is 2.45 bits per heavy atom. The number of carbonyl (C=O) groups is 1. The largest absolute Gasteiger partial charge is 0.466 e. The number of carbonyl (C=O) groups excluding carboxylic acids is 1. The van der Waals surface area contributed by atoms with Gasteiger partial charge in [-0.1, -0.05) is 23.7 Å². The molecule has 1 aromatic heterocycles. The van der Waals surface area contributed by atoms with Crippen molar-refractivity contribution < 1.29 is 9.21 Å². The lowest BCUT2D eigenvalue weighted by atomic mass is 10.1. The van der Waals surface area contributed by atoms with Gasteiger partial charge in [0.05, 0.1) is 11.3 Å². The van der Waals surface area contributed by atoms with Gasteiger partial charge in [-0.05, 0) is 44.5 Å². The molecule has 20 heavy (non-hydrogen) atoms. The predicted octanol–water partition coefficient (Wildman–Crippen LogP) is 3.70. The van der Waals surface area contributed by atoms with Gasteiger partial charge in [0.2, 0.25) is 0 Å². The second-order valence-electron chi connectivity index (χ2n) is 4.47. The summed E-state index contributed by atoms with van der Waals surface area (Å²) in [5.41, 5.74) is 4.62. The first-order chi connectivity index (χ1) is 9.47. The molecule has 2 aromatic rings. The molecule has 0 saturated carbocycles. The number of amides is 1. The first-order valence-corrected chi connectivity index (χ1v) is 6.53. The zero-order valence-corrected chi connectivity index (χ0v) is 12.3. The van der Waals surface area contributed by atoms with Gasteiger partial charge in [0.25, 0.3) is 5.91 Å². The van der Waals surface area contributed by atoms with E-state index in [-0.39, 0.29) is 5.91 Å². The minimum atomic E-state index is -0.285. The first-order valence-electron chi connectivity index (χ1n) is 6.15. The van der Waals surface area contributed by atoms with Crippen molar-refractivity contribution in [2.75, 3.05) is 0 Å². The lowest BCUT2D eigenvalue weighted by molar-refractivity contribution is 0.0953. The molecule has 5 heteroatoms. The Labute approximate surface area is 122 Å². The Morgan fingerprint density at radius 1 is 1.25 bits per heavy atom. The maximum Gasteiger partial charge on any atom is 0.274 e. The quantitative estimate of drug-likeness (QED) is 0.692. The highest BCUT2D eigenvalue weighted by Crippen LogP contribution is 2.13. The number of furan rings is 1. The van der Waals surface area contributed by atoms with Gasteiger partial charge in [0.15, 0.2) is 0 Å². The van der Waals surface area contributed by atoms with E-state index in [2.05, 4.69) is 10.5 Å². The lowest BCUT2D eigenvalue weighted by Gasteiger charge is -2.02. The Hall–Kier alpha value is -2.07. The molecule has 0 radical (unpaired) electrons. The molecule has 0 aliphatic heterocycles. The molecule has 1 N–H and O–H groups in total. The highest BCUT2D eigenvalue weighted by Gasteiger charge is 2.12. The fourth-order valence-corrected chi connectivity index (χ4v) is 1.93. The fourth-order valence-electron chi connectivity index (χ4n) is 1.81. The highest BCUT2D eigenvalue weighted by atomic mass is 35.5. The summed E-state index contributed by atoms with van der Waals surface area (Å²) in [6, 6.07) is 8.95. The molecule has 4 nitrogen and oxygen atoms in total. The highest BCUT2D eigenvalue weighted by molar-refractivity contribution is 6.30. The molecular formula is C15H15ClN2O2. The number of nitrogens with one attached hydrogen (secondary N) is 1. The lowest BCUT2D eigenvalue weighted by Crippen LogP contribution is -2.19. The van der Waals surface area contributed by atoms with Crippen molar-refractivity contribution in [2.24, 2.45) is 5.10 Å². The monoisotopic (exact) mass is 290 g/mol. The van der Waals surface area contributed by atoms with Crippen molar-refractivity contribution in [2.45, 2.75) is 20.8 Å². The van der Waals surface area contributed by atoms with E-state index in [1.807, 2.05) is 19.1 Å². The average molecular weight is 291 g/mol. The smallest absolute Gasteiger partial charge is 0.274 e. The van der Waals surface area contributed by atoms with Crippen LogP contribution < -0.4 is 5.43 Å². The number of nitrogens with zero attached hydrogens (tertiary/aromatic N) is 1. The summed E-state index contributed by atoms with van der Waals surface area (Å²) in [6.45, 7) is 5.36. The summed E-state index contributed by atoms with van der Waals surface area (Å²) < 4.78 is 5.32. The maximum absolute atomic E-state index is 12.0. The third-order valence-corrected chi connectivity index (χ3v) is 3.12. The normalized spacial score (nSPS) is 11.5. The van der Waals surface area contributed by atoms with Crippen molar-refractivity contribution in [3.8, 4) is 0 Å². The zero-order chi connectivity index (χ0) is 14.7. The molecular weight excluding hydrogens is 276 g/mol. The van der Waals surface area contributed by atoms with E-state index in [4.69, 9.17) is 16.0 Å². The summed E-state index contributed by atoms with van der Waals surface area (Å²) in [5.74, 6) is 0.998. The number of benzene rings is 1. The van der Waals surface area contributed by atoms with E-state index >= 15 is 0 Å². The predicted molar refractivity (Wildman–Crippen MR) is 79.3 cm³/mol. The van der Waals surface area contributed by atoms with Crippen molar-refractivity contribution in [3.63, 3.8) is 0 Å². The summed E-state index contributed by atoms with van der Waals surface area (Å²) in [7, 11) is 0. The zero-order valence-electron chi connectivity index (χ0n) is 11.5. The Bertz CT molecular complexity index is 657. The van der Waals surface area contributed by atoms with E-state index in [9.17, 15) is 4.79 Å². The van der Waals surface area contributed by atoms with Gasteiger partial charge >= 0.3 is 0 Å². The number of hydrazone groups is 1. The van der Waals surface area contributed by atoms with Crippen LogP contribution in [0, 0.1) is 13.8 Å². The van der Waals surface area contributed by atoms with Gasteiger partial charge in [-0.3, -0.25) is 4.79 Å². The van der Waals surface area contributed by atoms with Crippen molar-refractivity contribution in [1.29, 1.82) is 0 Å². The van der Waals surface area contributed by atoms with Gasteiger partial charge in [0, 0.05) is 5.02 Å². The molecule has 0 unspecified atom stereocenters. The molecule has 0 fully saturated rings. The Balaban J connectivity index is 2.10. The van der Waals surface area contributed by atoms with E-state index in [1.165, 1.54) is 0 Å². The van der Waals surface area contributed by atoms with Crippen LogP contribution in [-0.4, -0.2) is 11.6 Å². The molecule has 1 aromatic carbocycles. The van der Waals surface area contributed by atoms with Gasteiger partial charge in [-0.15, -0.1) is 0 Å². The van der Waals surface area contributed by atoms with Crippen LogP contribution in [0.1, 0.15) is 34.4 Å². The van der Waals surface area contributed by atoms with E-state index in [1.54, 1.807) is 32.0 Å². The average Bonchev–Trinajstić information content (AvgIpc) is 2.75. The molecule has 2 rings (SSSR count). The van der Waals surface area contributed by atoms with Crippen molar-refractivity contribution in [3.05, 3.63) is 58.0 Å². The SMILES string of the molecule is C/C(=N\NC(=O)c1cc(C)oc1C)c1ccc(Cl)cc1. The van der Waals surface area contributed by atoms with Crippen LogP contribution in [-0.2, 0) is 0 Å². The molecule has 1 heterocycles. The number of aryl methyl sites for hydroxylation is 2. The number of rotatable bonds is 3. The maximum atomic E-state index is 12.0. The third-order valence-electron chi connectivity index (χ3n) is 2.87. The van der Waals surface area contributed by atoms with Gasteiger partial charge in [-0.25, -0.2) is 5.43 Å². The molecule has 1 amide bonds. The number of hydrogen-bond donors (Lipinski definition) is 1. The van der Waals surface area contributed by atoms with Crippen LogP contribution in [0.15, 0.2) is 39.9 Å². The Morgan fingerprint density at radius 2 is 1.90 bits per heavy atom. The standard InChI is InChI=1S/C15H15ClN2O2/c1-9-8-14(11(3)20-9)15(19)18-17-10(2)12-4-6-13(16)7-5-12/h4-8H,1-3H3,(H,18,19)/b17-10+. The minimum absolute atomic E-state index is 0.285.